The quantitative estimate of drug-likeness (QED) is 0.831. The zero-order chi connectivity index (χ0) is 12.3. The number of alkyl halides is 1. The minimum Gasteiger partial charge on any atom is -0.478 e. The lowest BCUT2D eigenvalue weighted by Gasteiger charge is -2.10. The standard InChI is InChI=1S/C9H10BrNO4S/c1-6-7(9(12)13)3-2-4-8(6)11-16(14,15)5-10/h2-4,11H,5H2,1H3,(H,12,13). The van der Waals surface area contributed by atoms with Gasteiger partial charge in [0.05, 0.1) is 11.3 Å². The van der Waals surface area contributed by atoms with E-state index in [0.717, 1.165) is 0 Å². The Hall–Kier alpha value is -1.08. The first-order chi connectivity index (χ1) is 7.37. The van der Waals surface area contributed by atoms with Gasteiger partial charge >= 0.3 is 5.97 Å². The van der Waals surface area contributed by atoms with Crippen LogP contribution in [0.4, 0.5) is 5.69 Å². The molecular formula is C9H10BrNO4S. The molecule has 1 rings (SSSR count). The van der Waals surface area contributed by atoms with E-state index in [-0.39, 0.29) is 15.9 Å². The fourth-order valence-electron chi connectivity index (χ4n) is 1.17. The predicted molar refractivity (Wildman–Crippen MR) is 64.5 cm³/mol. The van der Waals surface area contributed by atoms with E-state index in [0.29, 0.717) is 5.56 Å². The largest absolute Gasteiger partial charge is 0.478 e. The Morgan fingerprint density at radius 1 is 1.50 bits per heavy atom. The zero-order valence-corrected chi connectivity index (χ0v) is 10.8. The zero-order valence-electron chi connectivity index (χ0n) is 8.40. The number of benzene rings is 1. The summed E-state index contributed by atoms with van der Waals surface area (Å²) in [6, 6.07) is 4.42. The van der Waals surface area contributed by atoms with Crippen LogP contribution in [0.25, 0.3) is 0 Å². The molecule has 0 radical (unpaired) electrons. The van der Waals surface area contributed by atoms with Crippen LogP contribution in [0.3, 0.4) is 0 Å². The van der Waals surface area contributed by atoms with Gasteiger partial charge in [-0.3, -0.25) is 4.72 Å². The number of sulfonamides is 1. The lowest BCUT2D eigenvalue weighted by Crippen LogP contribution is -2.15. The second-order valence-electron chi connectivity index (χ2n) is 3.11. The highest BCUT2D eigenvalue weighted by molar-refractivity contribution is 9.10. The molecule has 1 aromatic carbocycles. The van der Waals surface area contributed by atoms with Gasteiger partial charge in [-0.15, -0.1) is 0 Å². The Morgan fingerprint density at radius 3 is 2.62 bits per heavy atom. The van der Waals surface area contributed by atoms with Gasteiger partial charge in [0, 0.05) is 0 Å². The molecule has 0 atom stereocenters. The lowest BCUT2D eigenvalue weighted by molar-refractivity contribution is 0.0696. The molecule has 1 aromatic rings. The molecule has 0 spiro atoms. The molecule has 16 heavy (non-hydrogen) atoms. The summed E-state index contributed by atoms with van der Waals surface area (Å²) in [5.41, 5.74) is 0.744. The SMILES string of the molecule is Cc1c(NS(=O)(=O)CBr)cccc1C(=O)O. The molecule has 88 valence electrons. The van der Waals surface area contributed by atoms with Gasteiger partial charge in [-0.25, -0.2) is 13.2 Å². The van der Waals surface area contributed by atoms with Crippen molar-refractivity contribution < 1.29 is 18.3 Å². The number of nitrogens with one attached hydrogen (secondary N) is 1. The Morgan fingerprint density at radius 2 is 2.12 bits per heavy atom. The van der Waals surface area contributed by atoms with Gasteiger partial charge in [-0.05, 0) is 24.6 Å². The monoisotopic (exact) mass is 307 g/mol. The third-order valence-electron chi connectivity index (χ3n) is 1.97. The van der Waals surface area contributed by atoms with Crippen molar-refractivity contribution >= 4 is 37.6 Å². The molecule has 0 saturated carbocycles. The van der Waals surface area contributed by atoms with Gasteiger partial charge in [0.1, 0.15) is 4.66 Å². The fourth-order valence-corrected chi connectivity index (χ4v) is 2.13. The maximum Gasteiger partial charge on any atom is 0.336 e. The Kier molecular flexibility index (Phi) is 3.93. The maximum absolute atomic E-state index is 11.3. The first kappa shape index (κ1) is 13.0. The van der Waals surface area contributed by atoms with E-state index in [1.807, 2.05) is 0 Å². The van der Waals surface area contributed by atoms with Gasteiger partial charge < -0.3 is 5.11 Å². The normalized spacial score (nSPS) is 11.1. The van der Waals surface area contributed by atoms with Gasteiger partial charge in [0.2, 0.25) is 10.0 Å². The first-order valence-corrected chi connectivity index (χ1v) is 7.04. The summed E-state index contributed by atoms with van der Waals surface area (Å²) >= 11 is 2.83. The summed E-state index contributed by atoms with van der Waals surface area (Å²) in [5, 5.41) is 8.86. The molecule has 0 bridgehead atoms. The summed E-state index contributed by atoms with van der Waals surface area (Å²) in [4.78, 5) is 10.8. The van der Waals surface area contributed by atoms with Gasteiger partial charge in [0.25, 0.3) is 0 Å². The highest BCUT2D eigenvalue weighted by atomic mass is 79.9. The van der Waals surface area contributed by atoms with Crippen LogP contribution in [-0.2, 0) is 10.0 Å². The number of hydrogen-bond donors (Lipinski definition) is 2. The number of carboxylic acid groups (broad SMARTS) is 1. The van der Waals surface area contributed by atoms with Crippen molar-refractivity contribution in [2.45, 2.75) is 6.92 Å². The van der Waals surface area contributed by atoms with E-state index in [9.17, 15) is 13.2 Å². The van der Waals surface area contributed by atoms with Gasteiger partial charge in [-0.2, -0.15) is 0 Å². The van der Waals surface area contributed by atoms with Crippen molar-refractivity contribution in [3.63, 3.8) is 0 Å². The van der Waals surface area contributed by atoms with E-state index < -0.39 is 16.0 Å². The number of rotatable bonds is 4. The van der Waals surface area contributed by atoms with E-state index in [4.69, 9.17) is 5.11 Å². The molecular weight excluding hydrogens is 298 g/mol. The Labute approximate surface area is 102 Å². The number of halogens is 1. The van der Waals surface area contributed by atoms with Crippen LogP contribution in [0.2, 0.25) is 0 Å². The highest BCUT2D eigenvalue weighted by Crippen LogP contribution is 2.20. The lowest BCUT2D eigenvalue weighted by atomic mass is 10.1. The van der Waals surface area contributed by atoms with Gasteiger partial charge in [-0.1, -0.05) is 22.0 Å². The number of hydrogen-bond acceptors (Lipinski definition) is 3. The molecule has 0 aromatic heterocycles. The van der Waals surface area contributed by atoms with Crippen molar-refractivity contribution in [1.82, 2.24) is 0 Å². The summed E-state index contributed by atoms with van der Waals surface area (Å²) in [5.74, 6) is -1.09. The molecule has 7 heteroatoms. The van der Waals surface area contributed by atoms with Gasteiger partial charge in [0.15, 0.2) is 0 Å². The molecule has 0 aliphatic carbocycles. The smallest absolute Gasteiger partial charge is 0.336 e. The van der Waals surface area contributed by atoms with Crippen LogP contribution in [0, 0.1) is 6.92 Å². The molecule has 0 amide bonds. The highest BCUT2D eigenvalue weighted by Gasteiger charge is 2.14. The number of anilines is 1. The first-order valence-electron chi connectivity index (χ1n) is 4.27. The van der Waals surface area contributed by atoms with Crippen molar-refractivity contribution in [3.8, 4) is 0 Å². The van der Waals surface area contributed by atoms with Crippen LogP contribution < -0.4 is 4.72 Å². The molecule has 0 aliphatic rings. The van der Waals surface area contributed by atoms with Crippen molar-refractivity contribution in [2.24, 2.45) is 0 Å². The van der Waals surface area contributed by atoms with Crippen LogP contribution in [0.15, 0.2) is 18.2 Å². The van der Waals surface area contributed by atoms with E-state index in [2.05, 4.69) is 20.7 Å². The fraction of sp³-hybridized carbons (Fsp3) is 0.222. The molecule has 2 N–H and O–H groups in total. The Bertz CT molecular complexity index is 512. The van der Waals surface area contributed by atoms with Crippen LogP contribution >= 0.6 is 15.9 Å². The average Bonchev–Trinajstić information content (AvgIpc) is 2.20. The third-order valence-corrected chi connectivity index (χ3v) is 4.60. The summed E-state index contributed by atoms with van der Waals surface area (Å²) in [7, 11) is -3.46. The molecule has 0 saturated heterocycles. The third kappa shape index (κ3) is 2.96. The topological polar surface area (TPSA) is 83.5 Å². The van der Waals surface area contributed by atoms with E-state index in [1.54, 1.807) is 6.92 Å². The van der Waals surface area contributed by atoms with Crippen LogP contribution in [0.1, 0.15) is 15.9 Å². The minimum absolute atomic E-state index is 0.0785. The maximum atomic E-state index is 11.3. The summed E-state index contributed by atoms with van der Waals surface area (Å²) < 4.78 is 24.6. The van der Waals surface area contributed by atoms with Crippen molar-refractivity contribution in [1.29, 1.82) is 0 Å². The number of carboxylic acids is 1. The van der Waals surface area contributed by atoms with E-state index >= 15 is 0 Å². The van der Waals surface area contributed by atoms with E-state index in [1.165, 1.54) is 18.2 Å². The summed E-state index contributed by atoms with van der Waals surface area (Å²) in [6.07, 6.45) is 0. The molecule has 0 heterocycles. The second-order valence-corrected chi connectivity index (χ2v) is 6.13. The number of aromatic carboxylic acids is 1. The predicted octanol–water partition coefficient (Wildman–Crippen LogP) is 1.79. The van der Waals surface area contributed by atoms with Crippen LogP contribution in [0.5, 0.6) is 0 Å². The molecule has 0 fully saturated rings. The second kappa shape index (κ2) is 4.84. The van der Waals surface area contributed by atoms with Crippen LogP contribution in [-0.4, -0.2) is 24.2 Å². The van der Waals surface area contributed by atoms with Crippen molar-refractivity contribution in [3.05, 3.63) is 29.3 Å². The Balaban J connectivity index is 3.17. The number of carbonyl (C=O) groups is 1. The molecule has 0 unspecified atom stereocenters. The molecule has 5 nitrogen and oxygen atoms in total. The van der Waals surface area contributed by atoms with Crippen molar-refractivity contribution in [2.75, 3.05) is 9.38 Å². The average molecular weight is 308 g/mol. The molecule has 0 aliphatic heterocycles. The summed E-state index contributed by atoms with van der Waals surface area (Å²) in [6.45, 7) is 1.55. The minimum atomic E-state index is -3.46.